The summed E-state index contributed by atoms with van der Waals surface area (Å²) in [5.41, 5.74) is 2.26. The van der Waals surface area contributed by atoms with Crippen molar-refractivity contribution in [1.82, 2.24) is 0 Å². The molecule has 1 heteroatoms. The second-order valence-corrected chi connectivity index (χ2v) is 14.4. The first-order chi connectivity index (χ1) is 10.0. The molecule has 0 nitrogen and oxygen atoms in total. The molecule has 0 N–H and O–H groups in total. The van der Waals surface area contributed by atoms with Crippen molar-refractivity contribution in [2.75, 3.05) is 0 Å². The zero-order chi connectivity index (χ0) is 14.8. The lowest BCUT2D eigenvalue weighted by molar-refractivity contribution is 0.363. The Morgan fingerprint density at radius 2 is 1.10 bits per heavy atom. The van der Waals surface area contributed by atoms with Crippen molar-refractivity contribution < 1.29 is 0 Å². The van der Waals surface area contributed by atoms with Crippen LogP contribution in [0.15, 0.2) is 25.3 Å². The van der Waals surface area contributed by atoms with Gasteiger partial charge in [-0.3, -0.25) is 0 Å². The van der Waals surface area contributed by atoms with Crippen LogP contribution in [0.5, 0.6) is 0 Å². The molecular weight excluding hydrogens is 268 g/mol. The maximum absolute atomic E-state index is 4.08. The minimum Gasteiger partial charge on any atom is -0.103 e. The Kier molecular flexibility index (Phi) is 3.30. The van der Waals surface area contributed by atoms with Gasteiger partial charge in [0.15, 0.2) is 0 Å². The third-order valence-corrected chi connectivity index (χ3v) is 13.6. The molecule has 0 saturated heterocycles. The van der Waals surface area contributed by atoms with Crippen LogP contribution in [-0.2, 0) is 0 Å². The van der Waals surface area contributed by atoms with E-state index in [1.54, 1.807) is 12.8 Å². The molecule has 0 spiro atoms. The van der Waals surface area contributed by atoms with Crippen molar-refractivity contribution in [2.45, 2.75) is 62.7 Å². The van der Waals surface area contributed by atoms with E-state index in [2.05, 4.69) is 38.4 Å². The molecule has 0 radical (unpaired) electrons. The highest BCUT2D eigenvalue weighted by Gasteiger charge is 2.57. The van der Waals surface area contributed by atoms with Gasteiger partial charge in [0.25, 0.3) is 0 Å². The Morgan fingerprint density at radius 3 is 1.38 bits per heavy atom. The van der Waals surface area contributed by atoms with Gasteiger partial charge in [-0.2, -0.15) is 0 Å². The van der Waals surface area contributed by atoms with E-state index in [9.17, 15) is 0 Å². The van der Waals surface area contributed by atoms with E-state index < -0.39 is 8.07 Å². The molecule has 0 heterocycles. The molecule has 0 amide bonds. The molecule has 4 fully saturated rings. The summed E-state index contributed by atoms with van der Waals surface area (Å²) >= 11 is 0. The van der Waals surface area contributed by atoms with E-state index in [4.69, 9.17) is 0 Å². The summed E-state index contributed by atoms with van der Waals surface area (Å²) in [4.78, 5) is 0. The highest BCUT2D eigenvalue weighted by atomic mass is 28.3. The molecule has 4 bridgehead atoms. The summed E-state index contributed by atoms with van der Waals surface area (Å²) in [6, 6.07) is 0. The molecule has 4 rings (SSSR count). The first kappa shape index (κ1) is 14.3. The molecule has 4 saturated carbocycles. The third-order valence-electron chi connectivity index (χ3n) is 8.34. The fraction of sp³-hybridized carbons (Fsp3) is 0.800. The number of hydrogen-bond acceptors (Lipinski definition) is 0. The summed E-state index contributed by atoms with van der Waals surface area (Å²) in [7, 11) is -1.10. The zero-order valence-electron chi connectivity index (χ0n) is 13.9. The molecule has 116 valence electrons. The van der Waals surface area contributed by atoms with Gasteiger partial charge in [0.2, 0.25) is 0 Å². The Morgan fingerprint density at radius 1 is 0.667 bits per heavy atom. The lowest BCUT2D eigenvalue weighted by Crippen LogP contribution is -2.43. The first-order valence-corrected chi connectivity index (χ1v) is 12.4. The summed E-state index contributed by atoms with van der Waals surface area (Å²) < 4.78 is 0. The Labute approximate surface area is 132 Å². The van der Waals surface area contributed by atoms with Gasteiger partial charge in [-0.15, -0.1) is 13.2 Å². The smallest absolute Gasteiger partial charge is 0.0541 e. The molecule has 8 atom stereocenters. The number of fused-ring (bicyclic) bond motifs is 4. The van der Waals surface area contributed by atoms with E-state index in [0.717, 1.165) is 46.6 Å². The van der Waals surface area contributed by atoms with Gasteiger partial charge in [-0.05, 0) is 85.1 Å². The predicted octanol–water partition coefficient (Wildman–Crippen LogP) is 5.90. The maximum Gasteiger partial charge on any atom is 0.0541 e. The van der Waals surface area contributed by atoms with Crippen LogP contribution >= 0.6 is 0 Å². The molecule has 0 aliphatic heterocycles. The first-order valence-electron chi connectivity index (χ1n) is 9.29. The minimum atomic E-state index is -1.10. The van der Waals surface area contributed by atoms with Crippen LogP contribution in [0.3, 0.4) is 0 Å². The Bertz CT molecular complexity index is 411. The lowest BCUT2D eigenvalue weighted by atomic mass is 9.88. The highest BCUT2D eigenvalue weighted by molar-refractivity contribution is 6.80. The summed E-state index contributed by atoms with van der Waals surface area (Å²) in [5.74, 6) is 5.86. The van der Waals surface area contributed by atoms with Crippen molar-refractivity contribution in [3.05, 3.63) is 25.3 Å². The van der Waals surface area contributed by atoms with Crippen LogP contribution in [0.25, 0.3) is 0 Å². The van der Waals surface area contributed by atoms with Gasteiger partial charge in [-0.1, -0.05) is 25.2 Å². The summed E-state index contributed by atoms with van der Waals surface area (Å²) in [6.07, 6.45) is 13.7. The van der Waals surface area contributed by atoms with Crippen molar-refractivity contribution in [3.8, 4) is 0 Å². The molecule has 0 aromatic rings. The zero-order valence-corrected chi connectivity index (χ0v) is 14.9. The summed E-state index contributed by atoms with van der Waals surface area (Å²) in [5, 5.41) is 0. The fourth-order valence-corrected chi connectivity index (χ4v) is 12.7. The quantitative estimate of drug-likeness (QED) is 0.448. The lowest BCUT2D eigenvalue weighted by Gasteiger charge is -2.45. The normalized spacial score (nSPS) is 51.5. The third kappa shape index (κ3) is 1.99. The number of rotatable bonds is 4. The van der Waals surface area contributed by atoms with Crippen LogP contribution in [0.1, 0.15) is 38.5 Å². The van der Waals surface area contributed by atoms with Crippen LogP contribution in [0.4, 0.5) is 0 Å². The van der Waals surface area contributed by atoms with E-state index in [1.807, 2.05) is 0 Å². The van der Waals surface area contributed by atoms with Crippen LogP contribution in [0.2, 0.25) is 24.2 Å². The average Bonchev–Trinajstić information content (AvgIpc) is 3.23. The van der Waals surface area contributed by atoms with Crippen LogP contribution < -0.4 is 0 Å². The summed E-state index contributed by atoms with van der Waals surface area (Å²) in [6.45, 7) is 13.7. The van der Waals surface area contributed by atoms with E-state index >= 15 is 0 Å². The van der Waals surface area contributed by atoms with Crippen LogP contribution in [0, 0.1) is 35.5 Å². The molecule has 0 aromatic heterocycles. The molecule has 21 heavy (non-hydrogen) atoms. The van der Waals surface area contributed by atoms with Gasteiger partial charge in [0.1, 0.15) is 0 Å². The second-order valence-electron chi connectivity index (χ2n) is 9.29. The van der Waals surface area contributed by atoms with Gasteiger partial charge >= 0.3 is 0 Å². The van der Waals surface area contributed by atoms with E-state index in [0.29, 0.717) is 0 Å². The Hall–Kier alpha value is -0.303. The topological polar surface area (TPSA) is 0 Å². The predicted molar refractivity (Wildman–Crippen MR) is 94.0 cm³/mol. The molecule has 8 unspecified atom stereocenters. The molecule has 0 aromatic carbocycles. The molecule has 4 aliphatic carbocycles. The fourth-order valence-electron chi connectivity index (χ4n) is 7.31. The van der Waals surface area contributed by atoms with Gasteiger partial charge < -0.3 is 0 Å². The second kappa shape index (κ2) is 4.85. The van der Waals surface area contributed by atoms with Gasteiger partial charge in [0.05, 0.1) is 8.07 Å². The van der Waals surface area contributed by atoms with Crippen molar-refractivity contribution >= 4 is 8.07 Å². The standard InChI is InChI=1S/C20H32Si/c1-5-13-7-17-9-15(13)11-19(17)21(3,4)20-12-16-10-18(20)8-14(16)6-2/h5-6,13-20H,1-2,7-12H2,3-4H3. The molecular formula is C20H32Si. The largest absolute Gasteiger partial charge is 0.103 e. The average molecular weight is 301 g/mol. The van der Waals surface area contributed by atoms with Gasteiger partial charge in [0, 0.05) is 0 Å². The van der Waals surface area contributed by atoms with Crippen LogP contribution in [-0.4, -0.2) is 8.07 Å². The van der Waals surface area contributed by atoms with E-state index in [1.165, 1.54) is 25.7 Å². The van der Waals surface area contributed by atoms with Crippen molar-refractivity contribution in [1.29, 1.82) is 0 Å². The monoisotopic (exact) mass is 300 g/mol. The van der Waals surface area contributed by atoms with Crippen molar-refractivity contribution in [2.24, 2.45) is 35.5 Å². The van der Waals surface area contributed by atoms with E-state index in [-0.39, 0.29) is 0 Å². The highest BCUT2D eigenvalue weighted by Crippen LogP contribution is 2.65. The SMILES string of the molecule is C=CC1CC2CC1CC2[Si](C)(C)C1CC2CC1CC2C=C. The number of hydrogen-bond donors (Lipinski definition) is 0. The number of allylic oxidation sites excluding steroid dienone is 2. The van der Waals surface area contributed by atoms with Crippen molar-refractivity contribution in [3.63, 3.8) is 0 Å². The molecule has 4 aliphatic rings. The maximum atomic E-state index is 4.08. The van der Waals surface area contributed by atoms with Gasteiger partial charge in [-0.25, -0.2) is 0 Å². The minimum absolute atomic E-state index is 0.862. The Balaban J connectivity index is 1.49.